The van der Waals surface area contributed by atoms with E-state index in [4.69, 9.17) is 5.73 Å². The third-order valence-electron chi connectivity index (χ3n) is 5.44. The zero-order chi connectivity index (χ0) is 20.9. The van der Waals surface area contributed by atoms with E-state index in [1.54, 1.807) is 31.3 Å². The zero-order valence-electron chi connectivity index (χ0n) is 16.5. The van der Waals surface area contributed by atoms with Crippen LogP contribution in [0.2, 0.25) is 0 Å². The number of carbonyl (C=O) groups excluding carboxylic acids is 3. The van der Waals surface area contributed by atoms with Gasteiger partial charge in [0, 0.05) is 35.7 Å². The van der Waals surface area contributed by atoms with Gasteiger partial charge in [0.25, 0.3) is 0 Å². The van der Waals surface area contributed by atoms with E-state index in [0.29, 0.717) is 28.4 Å². The number of aromatic nitrogens is 1. The summed E-state index contributed by atoms with van der Waals surface area (Å²) in [5.41, 5.74) is 6.76. The molecule has 0 aliphatic heterocycles. The summed E-state index contributed by atoms with van der Waals surface area (Å²) < 4.78 is 0. The van der Waals surface area contributed by atoms with Crippen molar-refractivity contribution in [2.45, 2.75) is 51.9 Å². The average Bonchev–Trinajstić information content (AvgIpc) is 3.14. The van der Waals surface area contributed by atoms with Crippen LogP contribution in [0.4, 0.5) is 10.8 Å². The highest BCUT2D eigenvalue weighted by molar-refractivity contribution is 7.13. The van der Waals surface area contributed by atoms with Crippen LogP contribution in [0.1, 0.15) is 60.9 Å². The van der Waals surface area contributed by atoms with Gasteiger partial charge in [-0.15, -0.1) is 11.3 Å². The number of nitrogens with two attached hydrogens (primary N) is 1. The SMILES string of the molecule is Cc1cc(NC(=O)CC2(CC(=O)Nc3nccs3)CCCCC2)ccc1C(N)=O. The van der Waals surface area contributed by atoms with Gasteiger partial charge in [-0.05, 0) is 48.9 Å². The van der Waals surface area contributed by atoms with Gasteiger partial charge in [-0.2, -0.15) is 0 Å². The minimum absolute atomic E-state index is 0.101. The van der Waals surface area contributed by atoms with Crippen molar-refractivity contribution < 1.29 is 14.4 Å². The van der Waals surface area contributed by atoms with Crippen LogP contribution in [0.3, 0.4) is 0 Å². The lowest BCUT2D eigenvalue weighted by Crippen LogP contribution is -2.34. The van der Waals surface area contributed by atoms with Crippen molar-refractivity contribution in [3.63, 3.8) is 0 Å². The van der Waals surface area contributed by atoms with E-state index in [-0.39, 0.29) is 23.7 Å². The van der Waals surface area contributed by atoms with E-state index in [2.05, 4.69) is 15.6 Å². The molecule has 1 aromatic heterocycles. The summed E-state index contributed by atoms with van der Waals surface area (Å²) in [4.78, 5) is 40.8. The van der Waals surface area contributed by atoms with Gasteiger partial charge in [0.1, 0.15) is 0 Å². The van der Waals surface area contributed by atoms with Crippen LogP contribution in [0, 0.1) is 12.3 Å². The Kier molecular flexibility index (Phi) is 6.64. The second kappa shape index (κ2) is 9.17. The third kappa shape index (κ3) is 5.63. The molecule has 8 heteroatoms. The predicted octanol–water partition coefficient (Wildman–Crippen LogP) is 3.86. The molecule has 1 heterocycles. The van der Waals surface area contributed by atoms with Crippen LogP contribution in [0.15, 0.2) is 29.8 Å². The number of thiazole rings is 1. The molecule has 0 unspecified atom stereocenters. The Morgan fingerprint density at radius 3 is 2.38 bits per heavy atom. The molecule has 3 rings (SSSR count). The molecule has 1 aliphatic rings. The highest BCUT2D eigenvalue weighted by atomic mass is 32.1. The largest absolute Gasteiger partial charge is 0.366 e. The van der Waals surface area contributed by atoms with E-state index in [9.17, 15) is 14.4 Å². The lowest BCUT2D eigenvalue weighted by molar-refractivity contribution is -0.122. The van der Waals surface area contributed by atoms with Crippen molar-refractivity contribution in [2.24, 2.45) is 11.1 Å². The van der Waals surface area contributed by atoms with Crippen molar-refractivity contribution in [1.29, 1.82) is 0 Å². The summed E-state index contributed by atoms with van der Waals surface area (Å²) in [6.45, 7) is 1.78. The Hall–Kier alpha value is -2.74. The van der Waals surface area contributed by atoms with E-state index >= 15 is 0 Å². The van der Waals surface area contributed by atoms with Gasteiger partial charge in [-0.3, -0.25) is 14.4 Å². The first kappa shape index (κ1) is 21.0. The second-order valence-corrected chi connectivity index (χ2v) is 8.64. The quantitative estimate of drug-likeness (QED) is 0.638. The molecule has 0 bridgehead atoms. The molecule has 29 heavy (non-hydrogen) atoms. The molecular weight excluding hydrogens is 388 g/mol. The fraction of sp³-hybridized carbons (Fsp3) is 0.429. The van der Waals surface area contributed by atoms with Gasteiger partial charge in [0.15, 0.2) is 5.13 Å². The fourth-order valence-corrected chi connectivity index (χ4v) is 4.62. The Bertz CT molecular complexity index is 889. The lowest BCUT2D eigenvalue weighted by atomic mass is 9.69. The van der Waals surface area contributed by atoms with Crippen molar-refractivity contribution in [1.82, 2.24) is 4.98 Å². The van der Waals surface area contributed by atoms with Crippen LogP contribution in [0.5, 0.6) is 0 Å². The Labute approximate surface area is 174 Å². The fourth-order valence-electron chi connectivity index (χ4n) is 4.07. The van der Waals surface area contributed by atoms with Crippen molar-refractivity contribution >= 4 is 39.9 Å². The monoisotopic (exact) mass is 414 g/mol. The van der Waals surface area contributed by atoms with Crippen LogP contribution < -0.4 is 16.4 Å². The Balaban J connectivity index is 1.66. The summed E-state index contributed by atoms with van der Waals surface area (Å²) in [6.07, 6.45) is 7.11. The first-order chi connectivity index (χ1) is 13.9. The number of benzene rings is 1. The number of hydrogen-bond donors (Lipinski definition) is 3. The van der Waals surface area contributed by atoms with E-state index in [0.717, 1.165) is 32.1 Å². The number of nitrogens with zero attached hydrogens (tertiary/aromatic N) is 1. The average molecular weight is 415 g/mol. The topological polar surface area (TPSA) is 114 Å². The molecule has 1 fully saturated rings. The number of anilines is 2. The van der Waals surface area contributed by atoms with E-state index < -0.39 is 5.91 Å². The number of aryl methyl sites for hydroxylation is 1. The summed E-state index contributed by atoms with van der Waals surface area (Å²) >= 11 is 1.38. The summed E-state index contributed by atoms with van der Waals surface area (Å²) in [5, 5.41) is 8.13. The van der Waals surface area contributed by atoms with Crippen molar-refractivity contribution in [2.75, 3.05) is 10.6 Å². The molecular formula is C21H26N4O3S. The molecule has 1 aromatic carbocycles. The molecule has 0 radical (unpaired) electrons. The Morgan fingerprint density at radius 1 is 1.10 bits per heavy atom. The predicted molar refractivity (Wildman–Crippen MR) is 114 cm³/mol. The number of primary amides is 1. The molecule has 2 aromatic rings. The molecule has 154 valence electrons. The summed E-state index contributed by atoms with van der Waals surface area (Å²) in [7, 11) is 0. The summed E-state index contributed by atoms with van der Waals surface area (Å²) in [6, 6.07) is 5.03. The van der Waals surface area contributed by atoms with Crippen LogP contribution in [0.25, 0.3) is 0 Å². The standard InChI is InChI=1S/C21H26N4O3S/c1-14-11-15(5-6-16(14)19(22)28)24-17(26)12-21(7-3-2-4-8-21)13-18(27)25-20-23-9-10-29-20/h5-6,9-11H,2-4,7-8,12-13H2,1H3,(H2,22,28)(H,24,26)(H,23,25,27). The number of nitrogens with one attached hydrogen (secondary N) is 2. The number of carbonyl (C=O) groups is 3. The number of amides is 3. The molecule has 1 aliphatic carbocycles. The van der Waals surface area contributed by atoms with Gasteiger partial charge in [-0.1, -0.05) is 19.3 Å². The van der Waals surface area contributed by atoms with Crippen molar-refractivity contribution in [3.8, 4) is 0 Å². The van der Waals surface area contributed by atoms with Gasteiger partial charge >= 0.3 is 0 Å². The normalized spacial score (nSPS) is 15.5. The maximum atomic E-state index is 12.8. The minimum atomic E-state index is -0.493. The van der Waals surface area contributed by atoms with Crippen molar-refractivity contribution in [3.05, 3.63) is 40.9 Å². The highest BCUT2D eigenvalue weighted by Gasteiger charge is 2.36. The molecule has 7 nitrogen and oxygen atoms in total. The number of hydrogen-bond acceptors (Lipinski definition) is 5. The first-order valence-electron chi connectivity index (χ1n) is 9.77. The maximum absolute atomic E-state index is 12.8. The van der Waals surface area contributed by atoms with Crippen LogP contribution in [-0.2, 0) is 9.59 Å². The maximum Gasteiger partial charge on any atom is 0.248 e. The van der Waals surface area contributed by atoms with Crippen LogP contribution >= 0.6 is 11.3 Å². The van der Waals surface area contributed by atoms with Crippen LogP contribution in [-0.4, -0.2) is 22.7 Å². The smallest absolute Gasteiger partial charge is 0.248 e. The van der Waals surface area contributed by atoms with Gasteiger partial charge in [0.2, 0.25) is 17.7 Å². The number of rotatable bonds is 7. The molecule has 4 N–H and O–H groups in total. The highest BCUT2D eigenvalue weighted by Crippen LogP contribution is 2.42. The second-order valence-electron chi connectivity index (χ2n) is 7.74. The van der Waals surface area contributed by atoms with E-state index in [1.165, 1.54) is 11.3 Å². The van der Waals surface area contributed by atoms with E-state index in [1.807, 2.05) is 5.38 Å². The lowest BCUT2D eigenvalue weighted by Gasteiger charge is -2.36. The van der Waals surface area contributed by atoms with Gasteiger partial charge in [-0.25, -0.2) is 4.98 Å². The Morgan fingerprint density at radius 2 is 1.79 bits per heavy atom. The molecule has 3 amide bonds. The molecule has 0 atom stereocenters. The molecule has 1 saturated carbocycles. The van der Waals surface area contributed by atoms with Gasteiger partial charge in [0.05, 0.1) is 0 Å². The minimum Gasteiger partial charge on any atom is -0.366 e. The molecule has 0 spiro atoms. The first-order valence-corrected chi connectivity index (χ1v) is 10.6. The molecule has 0 saturated heterocycles. The summed E-state index contributed by atoms with van der Waals surface area (Å²) in [5.74, 6) is -0.718. The third-order valence-corrected chi connectivity index (χ3v) is 6.13. The van der Waals surface area contributed by atoms with Gasteiger partial charge < -0.3 is 16.4 Å². The zero-order valence-corrected chi connectivity index (χ0v) is 17.3.